The molecule has 0 atom stereocenters. The van der Waals surface area contributed by atoms with E-state index in [0.717, 1.165) is 11.1 Å². The summed E-state index contributed by atoms with van der Waals surface area (Å²) in [7, 11) is 1.63. The number of hydrogen-bond donors (Lipinski definition) is 1. The number of aromatic nitrogens is 1. The van der Waals surface area contributed by atoms with Gasteiger partial charge in [0.05, 0.1) is 0 Å². The average Bonchev–Trinajstić information content (AvgIpc) is 2.44. The Kier molecular flexibility index (Phi) is 4.52. The molecule has 5 heteroatoms. The number of amides is 1. The molecule has 0 bridgehead atoms. The third-order valence-electron chi connectivity index (χ3n) is 3.35. The number of carbonyl (C=O) groups excluding carboxylic acids is 1. The van der Waals surface area contributed by atoms with Crippen molar-refractivity contribution in [3.05, 3.63) is 69.4 Å². The van der Waals surface area contributed by atoms with Crippen molar-refractivity contribution in [1.29, 1.82) is 0 Å². The van der Waals surface area contributed by atoms with Crippen molar-refractivity contribution in [1.82, 2.24) is 9.88 Å². The van der Waals surface area contributed by atoms with Crippen LogP contribution in [0.3, 0.4) is 0 Å². The number of pyridine rings is 1. The fourth-order valence-corrected chi connectivity index (χ4v) is 2.04. The topological polar surface area (TPSA) is 51.1 Å². The second kappa shape index (κ2) is 6.35. The monoisotopic (exact) mass is 288 g/mol. The zero-order chi connectivity index (χ0) is 15.4. The van der Waals surface area contributed by atoms with Gasteiger partial charge in [-0.3, -0.25) is 9.59 Å². The number of benzene rings is 1. The van der Waals surface area contributed by atoms with Crippen LogP contribution in [0.15, 0.2) is 41.3 Å². The minimum atomic E-state index is -0.285. The van der Waals surface area contributed by atoms with Gasteiger partial charge in [-0.2, -0.15) is 0 Å². The third-order valence-corrected chi connectivity index (χ3v) is 3.35. The first-order valence-corrected chi connectivity index (χ1v) is 6.67. The molecule has 0 saturated carbocycles. The lowest BCUT2D eigenvalue weighted by atomic mass is 10.1. The maximum Gasteiger partial charge on any atom is 0.251 e. The first-order chi connectivity index (χ1) is 9.97. The van der Waals surface area contributed by atoms with E-state index in [2.05, 4.69) is 5.32 Å². The number of halogens is 1. The van der Waals surface area contributed by atoms with E-state index in [1.54, 1.807) is 25.4 Å². The Labute approximate surface area is 122 Å². The maximum absolute atomic E-state index is 13.0. The molecule has 0 fully saturated rings. The summed E-state index contributed by atoms with van der Waals surface area (Å²) < 4.78 is 14.4. The van der Waals surface area contributed by atoms with Gasteiger partial charge >= 0.3 is 0 Å². The molecule has 0 saturated heterocycles. The molecule has 110 valence electrons. The van der Waals surface area contributed by atoms with Gasteiger partial charge in [-0.25, -0.2) is 4.39 Å². The Morgan fingerprint density at radius 1 is 1.29 bits per heavy atom. The number of nitrogens with zero attached hydrogens (tertiary/aromatic N) is 1. The largest absolute Gasteiger partial charge is 0.352 e. The van der Waals surface area contributed by atoms with Gasteiger partial charge in [0.25, 0.3) is 11.5 Å². The molecule has 2 aromatic rings. The molecule has 4 nitrogen and oxygen atoms in total. The fraction of sp³-hybridized carbons (Fsp3) is 0.250. The van der Waals surface area contributed by atoms with Gasteiger partial charge in [-0.1, -0.05) is 6.07 Å². The van der Waals surface area contributed by atoms with Crippen LogP contribution in [0.4, 0.5) is 4.39 Å². The summed E-state index contributed by atoms with van der Waals surface area (Å²) in [5, 5.41) is 2.76. The molecule has 1 amide bonds. The van der Waals surface area contributed by atoms with Crippen LogP contribution in [0, 0.1) is 12.7 Å². The zero-order valence-corrected chi connectivity index (χ0v) is 12.0. The van der Waals surface area contributed by atoms with Crippen molar-refractivity contribution in [2.45, 2.75) is 13.3 Å². The van der Waals surface area contributed by atoms with Crippen LogP contribution in [-0.2, 0) is 13.5 Å². The predicted molar refractivity (Wildman–Crippen MR) is 78.9 cm³/mol. The fourth-order valence-electron chi connectivity index (χ4n) is 2.04. The lowest BCUT2D eigenvalue weighted by molar-refractivity contribution is 0.0954. The van der Waals surface area contributed by atoms with E-state index in [4.69, 9.17) is 0 Å². The summed E-state index contributed by atoms with van der Waals surface area (Å²) in [6, 6.07) is 7.50. The summed E-state index contributed by atoms with van der Waals surface area (Å²) >= 11 is 0. The van der Waals surface area contributed by atoms with E-state index in [-0.39, 0.29) is 17.3 Å². The second-order valence-corrected chi connectivity index (χ2v) is 4.94. The van der Waals surface area contributed by atoms with Crippen LogP contribution < -0.4 is 10.9 Å². The number of carbonyl (C=O) groups is 1. The van der Waals surface area contributed by atoms with Gasteiger partial charge in [0.2, 0.25) is 0 Å². The highest BCUT2D eigenvalue weighted by atomic mass is 19.1. The molecule has 1 aromatic heterocycles. The molecule has 0 aliphatic heterocycles. The molecule has 1 aromatic carbocycles. The normalized spacial score (nSPS) is 10.4. The summed E-state index contributed by atoms with van der Waals surface area (Å²) in [5.41, 5.74) is 1.96. The van der Waals surface area contributed by atoms with Crippen LogP contribution in [0.1, 0.15) is 21.5 Å². The molecule has 21 heavy (non-hydrogen) atoms. The van der Waals surface area contributed by atoms with E-state index < -0.39 is 0 Å². The summed E-state index contributed by atoms with van der Waals surface area (Å²) in [4.78, 5) is 23.4. The molecule has 0 spiro atoms. The van der Waals surface area contributed by atoms with Crippen molar-refractivity contribution in [3.63, 3.8) is 0 Å². The Bertz CT molecular complexity index is 722. The van der Waals surface area contributed by atoms with Crippen molar-refractivity contribution >= 4 is 5.91 Å². The molecular weight excluding hydrogens is 271 g/mol. The van der Waals surface area contributed by atoms with Crippen LogP contribution in [0.5, 0.6) is 0 Å². The van der Waals surface area contributed by atoms with Crippen LogP contribution in [0.2, 0.25) is 0 Å². The first-order valence-electron chi connectivity index (χ1n) is 6.67. The van der Waals surface area contributed by atoms with Gasteiger partial charge in [0.1, 0.15) is 5.82 Å². The van der Waals surface area contributed by atoms with Crippen LogP contribution >= 0.6 is 0 Å². The highest BCUT2D eigenvalue weighted by Crippen LogP contribution is 2.10. The summed E-state index contributed by atoms with van der Waals surface area (Å²) in [6.07, 6.45) is 2.17. The number of nitrogens with one attached hydrogen (secondary N) is 1. The zero-order valence-electron chi connectivity index (χ0n) is 12.0. The Morgan fingerprint density at radius 2 is 2.05 bits per heavy atom. The minimum absolute atomic E-state index is 0.225. The van der Waals surface area contributed by atoms with E-state index in [9.17, 15) is 14.0 Å². The molecule has 1 N–H and O–H groups in total. The molecule has 0 radical (unpaired) electrons. The van der Waals surface area contributed by atoms with E-state index in [1.165, 1.54) is 22.8 Å². The summed E-state index contributed by atoms with van der Waals surface area (Å²) in [6.45, 7) is 2.27. The van der Waals surface area contributed by atoms with Crippen LogP contribution in [-0.4, -0.2) is 17.0 Å². The molecule has 2 rings (SSSR count). The lowest BCUT2D eigenvalue weighted by Gasteiger charge is -2.08. The highest BCUT2D eigenvalue weighted by Gasteiger charge is 2.07. The SMILES string of the molecule is Cc1cc(F)ccc1CCNC(=O)c1ccn(C)c(=O)c1. The number of hydrogen-bond acceptors (Lipinski definition) is 2. The number of aryl methyl sites for hydroxylation is 2. The van der Waals surface area contributed by atoms with E-state index >= 15 is 0 Å². The average molecular weight is 288 g/mol. The van der Waals surface area contributed by atoms with E-state index in [1.807, 2.05) is 6.92 Å². The minimum Gasteiger partial charge on any atom is -0.352 e. The van der Waals surface area contributed by atoms with E-state index in [0.29, 0.717) is 18.5 Å². The quantitative estimate of drug-likeness (QED) is 0.932. The van der Waals surface area contributed by atoms with Crippen LogP contribution in [0.25, 0.3) is 0 Å². The lowest BCUT2D eigenvalue weighted by Crippen LogP contribution is -2.28. The van der Waals surface area contributed by atoms with Crippen molar-refractivity contribution < 1.29 is 9.18 Å². The molecule has 1 heterocycles. The van der Waals surface area contributed by atoms with Crippen molar-refractivity contribution in [2.75, 3.05) is 6.54 Å². The Morgan fingerprint density at radius 3 is 2.71 bits per heavy atom. The van der Waals surface area contributed by atoms with Crippen molar-refractivity contribution in [3.8, 4) is 0 Å². The first kappa shape index (κ1) is 15.0. The Balaban J connectivity index is 1.95. The van der Waals surface area contributed by atoms with Crippen molar-refractivity contribution in [2.24, 2.45) is 7.05 Å². The maximum atomic E-state index is 13.0. The smallest absolute Gasteiger partial charge is 0.251 e. The molecule has 0 aliphatic carbocycles. The molecule has 0 unspecified atom stereocenters. The number of rotatable bonds is 4. The van der Waals surface area contributed by atoms with Gasteiger partial charge in [0.15, 0.2) is 0 Å². The van der Waals surface area contributed by atoms with Gasteiger partial charge < -0.3 is 9.88 Å². The Hall–Kier alpha value is -2.43. The third kappa shape index (κ3) is 3.78. The highest BCUT2D eigenvalue weighted by molar-refractivity contribution is 5.93. The summed E-state index contributed by atoms with van der Waals surface area (Å²) in [5.74, 6) is -0.548. The van der Waals surface area contributed by atoms with Gasteiger partial charge in [-0.15, -0.1) is 0 Å². The standard InChI is InChI=1S/C16H17FN2O2/c1-11-9-14(17)4-3-12(11)5-7-18-16(21)13-6-8-19(2)15(20)10-13/h3-4,6,8-10H,5,7H2,1-2H3,(H,18,21). The predicted octanol–water partition coefficient (Wildman–Crippen LogP) is 1.81. The second-order valence-electron chi connectivity index (χ2n) is 4.94. The molecule has 0 aliphatic rings. The van der Waals surface area contributed by atoms with Gasteiger partial charge in [-0.05, 0) is 42.7 Å². The van der Waals surface area contributed by atoms with Gasteiger partial charge in [0, 0.05) is 31.4 Å². The molecular formula is C16H17FN2O2.